The first kappa shape index (κ1) is 24.5. The lowest BCUT2D eigenvalue weighted by Crippen LogP contribution is -2.37. The number of aliphatic carboxylic acids is 1. The molecule has 3 rings (SSSR count). The third-order valence-corrected chi connectivity index (χ3v) is 6.74. The number of hydrogen-bond acceptors (Lipinski definition) is 5. The highest BCUT2D eigenvalue weighted by atomic mass is 35.5. The van der Waals surface area contributed by atoms with E-state index >= 15 is 0 Å². The molecule has 1 aromatic heterocycles. The van der Waals surface area contributed by atoms with E-state index < -0.39 is 27.4 Å². The predicted octanol–water partition coefficient (Wildman–Crippen LogP) is 5.20. The van der Waals surface area contributed by atoms with Crippen LogP contribution in [-0.2, 0) is 14.8 Å². The standard InChI is InChI=1S/C23H22ClFN2O5S/c1-13-11-26-12-20(14(13)2)33(30,31)27-21-18(9-16(24)10-19(21)25)15-5-7-17(8-6-15)32-23(3,4)22(28)29/h5-12,27H,1-4H3,(H,28,29). The number of hydrogen-bond donors (Lipinski definition) is 2. The van der Waals surface area contributed by atoms with Crippen molar-refractivity contribution in [1.82, 2.24) is 4.98 Å². The Hall–Kier alpha value is -3.17. The van der Waals surface area contributed by atoms with Gasteiger partial charge in [0.05, 0.1) is 5.69 Å². The van der Waals surface area contributed by atoms with Crippen molar-refractivity contribution in [2.45, 2.75) is 38.2 Å². The number of benzene rings is 2. The highest BCUT2D eigenvalue weighted by molar-refractivity contribution is 7.92. The van der Waals surface area contributed by atoms with E-state index in [1.807, 2.05) is 0 Å². The molecule has 0 saturated carbocycles. The van der Waals surface area contributed by atoms with Crippen LogP contribution in [0.25, 0.3) is 11.1 Å². The summed E-state index contributed by atoms with van der Waals surface area (Å²) in [6, 6.07) is 8.56. The van der Waals surface area contributed by atoms with Gasteiger partial charge in [-0.2, -0.15) is 0 Å². The van der Waals surface area contributed by atoms with E-state index in [9.17, 15) is 22.7 Å². The molecule has 0 unspecified atom stereocenters. The van der Waals surface area contributed by atoms with Crippen molar-refractivity contribution in [2.24, 2.45) is 0 Å². The van der Waals surface area contributed by atoms with Gasteiger partial charge in [-0.05, 0) is 68.7 Å². The lowest BCUT2D eigenvalue weighted by molar-refractivity contribution is -0.152. The Balaban J connectivity index is 2.03. The van der Waals surface area contributed by atoms with Gasteiger partial charge >= 0.3 is 5.97 Å². The van der Waals surface area contributed by atoms with E-state index in [1.165, 1.54) is 44.4 Å². The van der Waals surface area contributed by atoms with Crippen LogP contribution in [0.2, 0.25) is 5.02 Å². The molecule has 174 valence electrons. The van der Waals surface area contributed by atoms with Crippen molar-refractivity contribution in [3.8, 4) is 16.9 Å². The number of carboxylic acids is 1. The van der Waals surface area contributed by atoms with E-state index in [2.05, 4.69) is 9.71 Å². The number of nitrogens with zero attached hydrogens (tertiary/aromatic N) is 1. The molecule has 0 fully saturated rings. The van der Waals surface area contributed by atoms with Crippen molar-refractivity contribution in [3.05, 3.63) is 70.8 Å². The van der Waals surface area contributed by atoms with Crippen molar-refractivity contribution >= 4 is 33.3 Å². The van der Waals surface area contributed by atoms with Gasteiger partial charge in [-0.25, -0.2) is 17.6 Å². The maximum atomic E-state index is 14.9. The van der Waals surface area contributed by atoms with Gasteiger partial charge in [0.2, 0.25) is 0 Å². The summed E-state index contributed by atoms with van der Waals surface area (Å²) in [5, 5.41) is 9.30. The topological polar surface area (TPSA) is 106 Å². The zero-order valence-electron chi connectivity index (χ0n) is 18.3. The normalized spacial score (nSPS) is 11.8. The number of aryl methyl sites for hydroxylation is 1. The Morgan fingerprint density at radius 1 is 1.15 bits per heavy atom. The van der Waals surface area contributed by atoms with Gasteiger partial charge in [0.25, 0.3) is 10.0 Å². The molecule has 33 heavy (non-hydrogen) atoms. The Morgan fingerprint density at radius 2 is 1.79 bits per heavy atom. The molecule has 10 heteroatoms. The second-order valence-corrected chi connectivity index (χ2v) is 10.0. The van der Waals surface area contributed by atoms with Crippen LogP contribution in [0.1, 0.15) is 25.0 Å². The summed E-state index contributed by atoms with van der Waals surface area (Å²) in [6.07, 6.45) is 2.74. The van der Waals surface area contributed by atoms with Crippen molar-refractivity contribution in [3.63, 3.8) is 0 Å². The Morgan fingerprint density at radius 3 is 2.39 bits per heavy atom. The molecule has 0 bridgehead atoms. The van der Waals surface area contributed by atoms with Crippen molar-refractivity contribution in [1.29, 1.82) is 0 Å². The van der Waals surface area contributed by atoms with E-state index in [0.29, 0.717) is 16.7 Å². The Kier molecular flexibility index (Phi) is 6.67. The molecule has 3 aromatic rings. The van der Waals surface area contributed by atoms with Crippen molar-refractivity contribution in [2.75, 3.05) is 4.72 Å². The number of aromatic nitrogens is 1. The van der Waals surface area contributed by atoms with Crippen LogP contribution in [0, 0.1) is 19.7 Å². The van der Waals surface area contributed by atoms with Crippen LogP contribution >= 0.6 is 11.6 Å². The number of ether oxygens (including phenoxy) is 1. The van der Waals surface area contributed by atoms with Crippen LogP contribution in [-0.4, -0.2) is 30.1 Å². The number of halogens is 2. The molecule has 0 atom stereocenters. The Labute approximate surface area is 196 Å². The van der Waals surface area contributed by atoms with Gasteiger partial charge < -0.3 is 9.84 Å². The zero-order chi connectivity index (χ0) is 24.6. The summed E-state index contributed by atoms with van der Waals surface area (Å²) in [5.41, 5.74) is 0.0781. The number of nitrogens with one attached hydrogen (secondary N) is 1. The zero-order valence-corrected chi connectivity index (χ0v) is 19.9. The average molecular weight is 493 g/mol. The SMILES string of the molecule is Cc1cncc(S(=O)(=O)Nc2c(F)cc(Cl)cc2-c2ccc(OC(C)(C)C(=O)O)cc2)c1C. The fourth-order valence-electron chi connectivity index (χ4n) is 3.01. The first-order valence-electron chi connectivity index (χ1n) is 9.78. The van der Waals surface area contributed by atoms with Gasteiger partial charge in [-0.15, -0.1) is 0 Å². The quantitative estimate of drug-likeness (QED) is 0.469. The lowest BCUT2D eigenvalue weighted by Gasteiger charge is -2.21. The van der Waals surface area contributed by atoms with Crippen LogP contribution in [0.4, 0.5) is 10.1 Å². The minimum Gasteiger partial charge on any atom is -0.478 e. The highest BCUT2D eigenvalue weighted by Crippen LogP contribution is 2.36. The fraction of sp³-hybridized carbons (Fsp3) is 0.217. The molecule has 2 N–H and O–H groups in total. The van der Waals surface area contributed by atoms with Gasteiger partial charge in [0, 0.05) is 23.0 Å². The molecule has 0 spiro atoms. The molecule has 0 aliphatic rings. The van der Waals surface area contributed by atoms with Crippen LogP contribution in [0.3, 0.4) is 0 Å². The summed E-state index contributed by atoms with van der Waals surface area (Å²) in [4.78, 5) is 15.1. The molecule has 0 aliphatic carbocycles. The number of rotatable bonds is 7. The first-order valence-corrected chi connectivity index (χ1v) is 11.6. The van der Waals surface area contributed by atoms with Gasteiger partial charge in [-0.3, -0.25) is 9.71 Å². The molecular weight excluding hydrogens is 471 g/mol. The molecule has 7 nitrogen and oxygen atoms in total. The second kappa shape index (κ2) is 8.99. The molecule has 0 amide bonds. The summed E-state index contributed by atoms with van der Waals surface area (Å²) in [7, 11) is -4.16. The second-order valence-electron chi connectivity index (χ2n) is 7.94. The molecule has 0 aliphatic heterocycles. The predicted molar refractivity (Wildman–Crippen MR) is 124 cm³/mol. The number of sulfonamides is 1. The number of carboxylic acid groups (broad SMARTS) is 1. The maximum Gasteiger partial charge on any atom is 0.347 e. The summed E-state index contributed by atoms with van der Waals surface area (Å²) >= 11 is 6.04. The third kappa shape index (κ3) is 5.26. The highest BCUT2D eigenvalue weighted by Gasteiger charge is 2.29. The number of carbonyl (C=O) groups is 1. The summed E-state index contributed by atoms with van der Waals surface area (Å²) in [6.45, 7) is 6.18. The minimum absolute atomic E-state index is 0.0672. The van der Waals surface area contributed by atoms with Crippen LogP contribution < -0.4 is 9.46 Å². The lowest BCUT2D eigenvalue weighted by atomic mass is 10.0. The van der Waals surface area contributed by atoms with Gasteiger partial charge in [0.1, 0.15) is 16.5 Å². The summed E-state index contributed by atoms with van der Waals surface area (Å²) in [5.74, 6) is -1.72. The van der Waals surface area contributed by atoms with Crippen molar-refractivity contribution < 1.29 is 27.4 Å². The molecule has 2 aromatic carbocycles. The van der Waals surface area contributed by atoms with Gasteiger partial charge in [-0.1, -0.05) is 23.7 Å². The number of anilines is 1. The first-order chi connectivity index (χ1) is 15.3. The fourth-order valence-corrected chi connectivity index (χ4v) is 4.57. The smallest absolute Gasteiger partial charge is 0.347 e. The average Bonchev–Trinajstić information content (AvgIpc) is 2.72. The Bertz CT molecular complexity index is 1330. The molecule has 1 heterocycles. The largest absolute Gasteiger partial charge is 0.478 e. The van der Waals surface area contributed by atoms with Crippen LogP contribution in [0.5, 0.6) is 5.75 Å². The van der Waals surface area contributed by atoms with E-state index in [4.69, 9.17) is 16.3 Å². The van der Waals surface area contributed by atoms with E-state index in [1.54, 1.807) is 26.0 Å². The summed E-state index contributed by atoms with van der Waals surface area (Å²) < 4.78 is 48.8. The molecule has 0 saturated heterocycles. The maximum absolute atomic E-state index is 14.9. The minimum atomic E-state index is -4.16. The van der Waals surface area contributed by atoms with E-state index in [0.717, 1.165) is 6.07 Å². The molecular formula is C23H22ClFN2O5S. The molecule has 0 radical (unpaired) electrons. The number of pyridine rings is 1. The van der Waals surface area contributed by atoms with E-state index in [-0.39, 0.29) is 26.9 Å². The van der Waals surface area contributed by atoms with Gasteiger partial charge in [0.15, 0.2) is 5.60 Å². The third-order valence-electron chi connectivity index (χ3n) is 5.06. The monoisotopic (exact) mass is 492 g/mol. The van der Waals surface area contributed by atoms with Crippen LogP contribution in [0.15, 0.2) is 53.7 Å².